The Morgan fingerprint density at radius 2 is 1.89 bits per heavy atom. The molecule has 1 aliphatic rings. The van der Waals surface area contributed by atoms with Crippen molar-refractivity contribution in [2.75, 3.05) is 19.6 Å². The van der Waals surface area contributed by atoms with Gasteiger partial charge in [-0.3, -0.25) is 0 Å². The zero-order valence-electron chi connectivity index (χ0n) is 12.6. The molecule has 0 radical (unpaired) electrons. The van der Waals surface area contributed by atoms with Gasteiger partial charge in [-0.2, -0.15) is 0 Å². The van der Waals surface area contributed by atoms with E-state index < -0.39 is 6.17 Å². The zero-order chi connectivity index (χ0) is 13.4. The first kappa shape index (κ1) is 15.9. The van der Waals surface area contributed by atoms with Crippen LogP contribution < -0.4 is 0 Å². The van der Waals surface area contributed by atoms with E-state index in [1.54, 1.807) is 0 Å². The summed E-state index contributed by atoms with van der Waals surface area (Å²) < 4.78 is 13.5. The maximum absolute atomic E-state index is 13.5. The van der Waals surface area contributed by atoms with Gasteiger partial charge in [-0.25, -0.2) is 4.39 Å². The Morgan fingerprint density at radius 3 is 2.50 bits per heavy atom. The molecule has 1 aliphatic heterocycles. The minimum absolute atomic E-state index is 0.548. The van der Waals surface area contributed by atoms with Gasteiger partial charge in [-0.05, 0) is 44.2 Å². The summed E-state index contributed by atoms with van der Waals surface area (Å²) in [6.45, 7) is 10.5. The fourth-order valence-corrected chi connectivity index (χ4v) is 3.08. The SMILES string of the molecule is CCCCC(F)CCCC(C)C1CCN(CC)C1. The maximum Gasteiger partial charge on any atom is 0.100 e. The van der Waals surface area contributed by atoms with Crippen molar-refractivity contribution in [3.63, 3.8) is 0 Å². The van der Waals surface area contributed by atoms with Crippen LogP contribution in [0.2, 0.25) is 0 Å². The van der Waals surface area contributed by atoms with Crippen LogP contribution in [0, 0.1) is 11.8 Å². The van der Waals surface area contributed by atoms with Crippen LogP contribution in [0.1, 0.15) is 65.7 Å². The topological polar surface area (TPSA) is 3.24 Å². The highest BCUT2D eigenvalue weighted by molar-refractivity contribution is 4.78. The molecule has 1 fully saturated rings. The summed E-state index contributed by atoms with van der Waals surface area (Å²) in [5.41, 5.74) is 0. The summed E-state index contributed by atoms with van der Waals surface area (Å²) in [7, 11) is 0. The second-order valence-electron chi connectivity index (χ2n) is 6.09. The average molecular weight is 257 g/mol. The van der Waals surface area contributed by atoms with Crippen LogP contribution in [0.3, 0.4) is 0 Å². The van der Waals surface area contributed by atoms with E-state index >= 15 is 0 Å². The highest BCUT2D eigenvalue weighted by Crippen LogP contribution is 2.28. The molecule has 1 rings (SSSR count). The molecular formula is C16H32FN. The van der Waals surface area contributed by atoms with E-state index in [9.17, 15) is 4.39 Å². The molecule has 108 valence electrons. The predicted octanol–water partition coefficient (Wildman–Crippen LogP) is 4.66. The van der Waals surface area contributed by atoms with Crippen molar-refractivity contribution in [2.24, 2.45) is 11.8 Å². The molecular weight excluding hydrogens is 225 g/mol. The standard InChI is InChI=1S/C16H32FN/c1-4-6-9-16(17)10-7-8-14(3)15-11-12-18(5-2)13-15/h14-16H,4-13H2,1-3H3. The molecule has 3 atom stereocenters. The van der Waals surface area contributed by atoms with E-state index in [-0.39, 0.29) is 0 Å². The first-order valence-electron chi connectivity index (χ1n) is 8.03. The van der Waals surface area contributed by atoms with Gasteiger partial charge in [-0.1, -0.05) is 46.5 Å². The summed E-state index contributed by atoms with van der Waals surface area (Å²) >= 11 is 0. The third-order valence-corrected chi connectivity index (χ3v) is 4.61. The molecule has 3 unspecified atom stereocenters. The fourth-order valence-electron chi connectivity index (χ4n) is 3.08. The van der Waals surface area contributed by atoms with Crippen LogP contribution in [0.15, 0.2) is 0 Å². The number of likely N-dealkylation sites (tertiary alicyclic amines) is 1. The van der Waals surface area contributed by atoms with Gasteiger partial charge in [0.2, 0.25) is 0 Å². The van der Waals surface area contributed by atoms with Crippen molar-refractivity contribution in [2.45, 2.75) is 71.9 Å². The Morgan fingerprint density at radius 1 is 1.17 bits per heavy atom. The Balaban J connectivity index is 2.08. The van der Waals surface area contributed by atoms with Crippen molar-refractivity contribution in [3.05, 3.63) is 0 Å². The number of hydrogen-bond acceptors (Lipinski definition) is 1. The predicted molar refractivity (Wildman–Crippen MR) is 77.7 cm³/mol. The highest BCUT2D eigenvalue weighted by atomic mass is 19.1. The summed E-state index contributed by atoms with van der Waals surface area (Å²) in [5, 5.41) is 0. The largest absolute Gasteiger partial charge is 0.303 e. The molecule has 1 heterocycles. The fraction of sp³-hybridized carbons (Fsp3) is 1.00. The maximum atomic E-state index is 13.5. The summed E-state index contributed by atoms with van der Waals surface area (Å²) in [6, 6.07) is 0. The Labute approximate surface area is 113 Å². The molecule has 2 heteroatoms. The molecule has 0 aliphatic carbocycles. The molecule has 1 saturated heterocycles. The molecule has 0 amide bonds. The summed E-state index contributed by atoms with van der Waals surface area (Å²) in [6.07, 6.45) is 6.82. The van der Waals surface area contributed by atoms with E-state index in [0.29, 0.717) is 0 Å². The second-order valence-corrected chi connectivity index (χ2v) is 6.09. The van der Waals surface area contributed by atoms with E-state index in [0.717, 1.165) is 43.9 Å². The monoisotopic (exact) mass is 257 g/mol. The van der Waals surface area contributed by atoms with E-state index in [2.05, 4.69) is 25.7 Å². The van der Waals surface area contributed by atoms with Gasteiger partial charge in [-0.15, -0.1) is 0 Å². The van der Waals surface area contributed by atoms with Crippen molar-refractivity contribution in [3.8, 4) is 0 Å². The Bertz CT molecular complexity index is 207. The van der Waals surface area contributed by atoms with E-state index in [1.807, 2.05) is 0 Å². The molecule has 0 aromatic heterocycles. The minimum atomic E-state index is -0.548. The number of unbranched alkanes of at least 4 members (excludes halogenated alkanes) is 1. The average Bonchev–Trinajstić information content (AvgIpc) is 2.85. The van der Waals surface area contributed by atoms with Crippen molar-refractivity contribution in [1.82, 2.24) is 4.90 Å². The van der Waals surface area contributed by atoms with Crippen LogP contribution in [-0.4, -0.2) is 30.7 Å². The first-order chi connectivity index (χ1) is 8.67. The molecule has 0 N–H and O–H groups in total. The smallest absolute Gasteiger partial charge is 0.100 e. The van der Waals surface area contributed by atoms with Crippen LogP contribution in [-0.2, 0) is 0 Å². The van der Waals surface area contributed by atoms with Crippen molar-refractivity contribution >= 4 is 0 Å². The van der Waals surface area contributed by atoms with Gasteiger partial charge in [0.15, 0.2) is 0 Å². The molecule has 18 heavy (non-hydrogen) atoms. The Hall–Kier alpha value is -0.110. The van der Waals surface area contributed by atoms with E-state index in [4.69, 9.17) is 0 Å². The molecule has 0 aromatic rings. The van der Waals surface area contributed by atoms with Gasteiger partial charge >= 0.3 is 0 Å². The third kappa shape index (κ3) is 5.69. The van der Waals surface area contributed by atoms with Gasteiger partial charge in [0.25, 0.3) is 0 Å². The minimum Gasteiger partial charge on any atom is -0.303 e. The lowest BCUT2D eigenvalue weighted by molar-refractivity contribution is 0.258. The lowest BCUT2D eigenvalue weighted by Gasteiger charge is -2.20. The Kier molecular flexibility index (Phi) is 7.88. The molecule has 1 nitrogen and oxygen atoms in total. The molecule has 0 spiro atoms. The first-order valence-corrected chi connectivity index (χ1v) is 8.03. The van der Waals surface area contributed by atoms with Crippen molar-refractivity contribution < 1.29 is 4.39 Å². The lowest BCUT2D eigenvalue weighted by atomic mass is 9.88. The number of rotatable bonds is 9. The lowest BCUT2D eigenvalue weighted by Crippen LogP contribution is -2.22. The highest BCUT2D eigenvalue weighted by Gasteiger charge is 2.25. The molecule has 0 saturated carbocycles. The van der Waals surface area contributed by atoms with E-state index in [1.165, 1.54) is 32.5 Å². The quantitative estimate of drug-likeness (QED) is 0.580. The van der Waals surface area contributed by atoms with Gasteiger partial charge in [0.1, 0.15) is 6.17 Å². The normalized spacial score (nSPS) is 24.3. The zero-order valence-corrected chi connectivity index (χ0v) is 12.6. The number of nitrogens with zero attached hydrogens (tertiary/aromatic N) is 1. The van der Waals surface area contributed by atoms with Crippen LogP contribution in [0.5, 0.6) is 0 Å². The number of alkyl halides is 1. The van der Waals surface area contributed by atoms with Crippen LogP contribution in [0.4, 0.5) is 4.39 Å². The van der Waals surface area contributed by atoms with Gasteiger partial charge < -0.3 is 4.90 Å². The van der Waals surface area contributed by atoms with Crippen LogP contribution >= 0.6 is 0 Å². The third-order valence-electron chi connectivity index (χ3n) is 4.61. The molecule has 0 aromatic carbocycles. The summed E-state index contributed by atoms with van der Waals surface area (Å²) in [4.78, 5) is 2.54. The van der Waals surface area contributed by atoms with Crippen molar-refractivity contribution in [1.29, 1.82) is 0 Å². The number of halogens is 1. The van der Waals surface area contributed by atoms with Gasteiger partial charge in [0, 0.05) is 6.54 Å². The second kappa shape index (κ2) is 8.90. The van der Waals surface area contributed by atoms with Gasteiger partial charge in [0.05, 0.1) is 0 Å². The summed E-state index contributed by atoms with van der Waals surface area (Å²) in [5.74, 6) is 1.64. The van der Waals surface area contributed by atoms with Crippen LogP contribution in [0.25, 0.3) is 0 Å². The number of hydrogen-bond donors (Lipinski definition) is 0. The molecule has 0 bridgehead atoms.